The molecular formula is C18H24F3IN4O2. The van der Waals surface area contributed by atoms with Gasteiger partial charge in [0.15, 0.2) is 5.96 Å². The van der Waals surface area contributed by atoms with E-state index in [1.54, 1.807) is 24.3 Å². The first-order chi connectivity index (χ1) is 12.8. The predicted octanol–water partition coefficient (Wildman–Crippen LogP) is 3.19. The molecule has 0 aliphatic carbocycles. The molecule has 0 radical (unpaired) electrons. The van der Waals surface area contributed by atoms with Crippen LogP contribution in [0.15, 0.2) is 29.3 Å². The van der Waals surface area contributed by atoms with Gasteiger partial charge in [-0.3, -0.25) is 19.5 Å². The third kappa shape index (κ3) is 6.95. The molecule has 156 valence electrons. The van der Waals surface area contributed by atoms with E-state index in [4.69, 9.17) is 0 Å². The number of halogens is 4. The molecule has 1 aromatic rings. The van der Waals surface area contributed by atoms with Crippen LogP contribution < -0.4 is 10.6 Å². The van der Waals surface area contributed by atoms with Gasteiger partial charge < -0.3 is 10.6 Å². The third-order valence-electron chi connectivity index (χ3n) is 3.98. The van der Waals surface area contributed by atoms with Gasteiger partial charge in [-0.05, 0) is 31.9 Å². The zero-order valence-electron chi connectivity index (χ0n) is 15.5. The average molecular weight is 512 g/mol. The molecular weight excluding hydrogens is 488 g/mol. The van der Waals surface area contributed by atoms with Crippen molar-refractivity contribution in [3.05, 3.63) is 35.4 Å². The first kappa shape index (κ1) is 24.2. The van der Waals surface area contributed by atoms with Crippen LogP contribution in [0, 0.1) is 0 Å². The normalized spacial score (nSPS) is 14.0. The highest BCUT2D eigenvalue weighted by atomic mass is 127. The number of rotatable bonds is 8. The van der Waals surface area contributed by atoms with Gasteiger partial charge in [0.05, 0.1) is 17.5 Å². The molecule has 2 rings (SSSR count). The number of imide groups is 1. The van der Waals surface area contributed by atoms with Crippen molar-refractivity contribution in [3.63, 3.8) is 0 Å². The van der Waals surface area contributed by atoms with Crippen molar-refractivity contribution in [3.8, 4) is 0 Å². The minimum atomic E-state index is -4.21. The van der Waals surface area contributed by atoms with Crippen LogP contribution in [0.5, 0.6) is 0 Å². The average Bonchev–Trinajstić information content (AvgIpc) is 2.85. The van der Waals surface area contributed by atoms with Crippen molar-refractivity contribution >= 4 is 41.8 Å². The molecule has 28 heavy (non-hydrogen) atoms. The van der Waals surface area contributed by atoms with E-state index in [0.29, 0.717) is 49.6 Å². The number of alkyl halides is 3. The number of hydrogen-bond acceptors (Lipinski definition) is 3. The zero-order valence-corrected chi connectivity index (χ0v) is 17.8. The van der Waals surface area contributed by atoms with Gasteiger partial charge in [-0.25, -0.2) is 0 Å². The van der Waals surface area contributed by atoms with Crippen LogP contribution in [0.2, 0.25) is 0 Å². The fourth-order valence-electron chi connectivity index (χ4n) is 2.68. The van der Waals surface area contributed by atoms with Gasteiger partial charge in [0.1, 0.15) is 0 Å². The number of guanidine groups is 1. The van der Waals surface area contributed by atoms with Crippen molar-refractivity contribution in [1.29, 1.82) is 0 Å². The van der Waals surface area contributed by atoms with Gasteiger partial charge in [-0.1, -0.05) is 12.1 Å². The van der Waals surface area contributed by atoms with Gasteiger partial charge in [-0.15, -0.1) is 24.0 Å². The molecule has 0 saturated heterocycles. The molecule has 0 saturated carbocycles. The Labute approximate surface area is 179 Å². The fourth-order valence-corrected chi connectivity index (χ4v) is 2.68. The first-order valence-electron chi connectivity index (χ1n) is 8.87. The topological polar surface area (TPSA) is 73.8 Å². The van der Waals surface area contributed by atoms with Crippen LogP contribution in [0.25, 0.3) is 0 Å². The summed E-state index contributed by atoms with van der Waals surface area (Å²) in [6.45, 7) is 2.78. The number of fused-ring (bicyclic) bond motifs is 1. The number of unbranched alkanes of at least 4 members (excludes halogenated alkanes) is 1. The molecule has 10 heteroatoms. The molecule has 1 aromatic carbocycles. The van der Waals surface area contributed by atoms with Crippen molar-refractivity contribution in [2.24, 2.45) is 4.99 Å². The molecule has 2 N–H and O–H groups in total. The van der Waals surface area contributed by atoms with Crippen LogP contribution in [0.1, 0.15) is 46.9 Å². The van der Waals surface area contributed by atoms with Crippen LogP contribution in [-0.4, -0.2) is 55.0 Å². The van der Waals surface area contributed by atoms with Gasteiger partial charge in [0, 0.05) is 26.2 Å². The number of nitrogens with one attached hydrogen (secondary N) is 2. The molecule has 1 heterocycles. The molecule has 0 fully saturated rings. The lowest BCUT2D eigenvalue weighted by Crippen LogP contribution is -2.39. The number of carbonyl (C=O) groups excluding carboxylic acids is 2. The van der Waals surface area contributed by atoms with E-state index in [9.17, 15) is 22.8 Å². The molecule has 0 spiro atoms. The number of hydrogen-bond donors (Lipinski definition) is 2. The van der Waals surface area contributed by atoms with Crippen LogP contribution in [0.3, 0.4) is 0 Å². The molecule has 6 nitrogen and oxygen atoms in total. The molecule has 2 amide bonds. The Morgan fingerprint density at radius 2 is 1.68 bits per heavy atom. The van der Waals surface area contributed by atoms with E-state index in [-0.39, 0.29) is 42.3 Å². The van der Waals surface area contributed by atoms with Gasteiger partial charge in [-0.2, -0.15) is 13.2 Å². The predicted molar refractivity (Wildman–Crippen MR) is 111 cm³/mol. The van der Waals surface area contributed by atoms with Crippen molar-refractivity contribution in [2.75, 3.05) is 26.2 Å². The van der Waals surface area contributed by atoms with E-state index < -0.39 is 12.6 Å². The van der Waals surface area contributed by atoms with Gasteiger partial charge >= 0.3 is 6.18 Å². The number of benzene rings is 1. The minimum absolute atomic E-state index is 0. The van der Waals surface area contributed by atoms with Crippen molar-refractivity contribution in [2.45, 2.75) is 32.4 Å². The Morgan fingerprint density at radius 3 is 2.21 bits per heavy atom. The van der Waals surface area contributed by atoms with Crippen molar-refractivity contribution in [1.82, 2.24) is 15.5 Å². The molecule has 0 atom stereocenters. The lowest BCUT2D eigenvalue weighted by Gasteiger charge is -2.14. The third-order valence-corrected chi connectivity index (χ3v) is 3.98. The number of aliphatic imine (C=N–C) groups is 1. The Morgan fingerprint density at radius 1 is 1.07 bits per heavy atom. The highest BCUT2D eigenvalue weighted by Gasteiger charge is 2.34. The number of carbonyl (C=O) groups is 2. The van der Waals surface area contributed by atoms with E-state index in [1.165, 1.54) is 4.90 Å². The maximum Gasteiger partial charge on any atom is 0.390 e. The Kier molecular flexibility index (Phi) is 9.70. The van der Waals surface area contributed by atoms with E-state index in [1.807, 2.05) is 6.92 Å². The second kappa shape index (κ2) is 11.2. The standard InChI is InChI=1S/C18H23F3N4O2.HI/c1-2-22-17(24-11-9-18(19,20)21)23-10-5-6-12-25-15(26)13-7-3-4-8-14(13)16(25)27;/h3-4,7-8H,2,5-6,9-12H2,1H3,(H2,22,23,24);1H. The Bertz CT molecular complexity index is 675. The van der Waals surface area contributed by atoms with Crippen LogP contribution >= 0.6 is 24.0 Å². The maximum atomic E-state index is 12.2. The largest absolute Gasteiger partial charge is 0.390 e. The SMILES string of the molecule is CCNC(=NCCCCN1C(=O)c2ccccc2C1=O)NCCC(F)(F)F.I. The summed E-state index contributed by atoms with van der Waals surface area (Å²) >= 11 is 0. The summed E-state index contributed by atoms with van der Waals surface area (Å²) in [6, 6.07) is 6.71. The zero-order chi connectivity index (χ0) is 19.9. The maximum absolute atomic E-state index is 12.2. The second-order valence-corrected chi connectivity index (χ2v) is 6.07. The molecule has 0 aromatic heterocycles. The van der Waals surface area contributed by atoms with E-state index in [0.717, 1.165) is 0 Å². The molecule has 1 aliphatic heterocycles. The lowest BCUT2D eigenvalue weighted by molar-refractivity contribution is -0.132. The quantitative estimate of drug-likeness (QED) is 0.185. The van der Waals surface area contributed by atoms with Gasteiger partial charge in [0.25, 0.3) is 11.8 Å². The highest BCUT2D eigenvalue weighted by Crippen LogP contribution is 2.22. The fraction of sp³-hybridized carbons (Fsp3) is 0.500. The van der Waals surface area contributed by atoms with Crippen molar-refractivity contribution < 1.29 is 22.8 Å². The minimum Gasteiger partial charge on any atom is -0.357 e. The highest BCUT2D eigenvalue weighted by molar-refractivity contribution is 14.0. The first-order valence-corrected chi connectivity index (χ1v) is 8.87. The summed E-state index contributed by atoms with van der Waals surface area (Å²) in [5, 5.41) is 5.52. The second-order valence-electron chi connectivity index (χ2n) is 6.07. The summed E-state index contributed by atoms with van der Waals surface area (Å²) in [6.07, 6.45) is -3.98. The summed E-state index contributed by atoms with van der Waals surface area (Å²) < 4.78 is 36.6. The van der Waals surface area contributed by atoms with Crippen LogP contribution in [0.4, 0.5) is 13.2 Å². The Hall–Kier alpha value is -1.85. The number of amides is 2. The summed E-state index contributed by atoms with van der Waals surface area (Å²) in [4.78, 5) is 29.9. The van der Waals surface area contributed by atoms with Gasteiger partial charge in [0.2, 0.25) is 0 Å². The van der Waals surface area contributed by atoms with E-state index in [2.05, 4.69) is 15.6 Å². The molecule has 0 unspecified atom stereocenters. The lowest BCUT2D eigenvalue weighted by atomic mass is 10.1. The smallest absolute Gasteiger partial charge is 0.357 e. The van der Waals surface area contributed by atoms with Crippen LogP contribution in [-0.2, 0) is 0 Å². The molecule has 0 bridgehead atoms. The summed E-state index contributed by atoms with van der Waals surface area (Å²) in [5.74, 6) is -0.259. The van der Waals surface area contributed by atoms with E-state index >= 15 is 0 Å². The summed E-state index contributed by atoms with van der Waals surface area (Å²) in [7, 11) is 0. The monoisotopic (exact) mass is 512 g/mol. The Balaban J connectivity index is 0.00000392. The summed E-state index contributed by atoms with van der Waals surface area (Å²) in [5.41, 5.74) is 0.840. The molecule has 1 aliphatic rings. The number of nitrogens with zero attached hydrogens (tertiary/aromatic N) is 2.